The summed E-state index contributed by atoms with van der Waals surface area (Å²) in [7, 11) is 0. The molecule has 0 saturated carbocycles. The Balaban J connectivity index is 0.000001000. The summed E-state index contributed by atoms with van der Waals surface area (Å²) < 4.78 is 0. The molecule has 0 spiro atoms. The van der Waals surface area contributed by atoms with Gasteiger partial charge in [-0.1, -0.05) is 19.4 Å². The molecule has 0 saturated heterocycles. The minimum atomic E-state index is 0. The van der Waals surface area contributed by atoms with Gasteiger partial charge in [0.25, 0.3) is 0 Å². The van der Waals surface area contributed by atoms with Gasteiger partial charge >= 0.3 is 0 Å². The summed E-state index contributed by atoms with van der Waals surface area (Å²) in [6, 6.07) is 0. The van der Waals surface area contributed by atoms with Gasteiger partial charge < -0.3 is 0 Å². The van der Waals surface area contributed by atoms with Crippen LogP contribution in [-0.2, 0) is 4.79 Å². The van der Waals surface area contributed by atoms with Crippen LogP contribution < -0.4 is 0 Å². The van der Waals surface area contributed by atoms with Crippen LogP contribution in [0.3, 0.4) is 0 Å². The number of rotatable bonds is 0. The summed E-state index contributed by atoms with van der Waals surface area (Å²) in [4.78, 5) is 11.0. The number of allylic oxidation sites excluding steroid dienone is 2. The van der Waals surface area contributed by atoms with E-state index >= 15 is 0 Å². The first-order valence-electron chi connectivity index (χ1n) is 3.70. The molecule has 0 bridgehead atoms. The van der Waals surface area contributed by atoms with Gasteiger partial charge in [-0.05, 0) is 24.8 Å². The summed E-state index contributed by atoms with van der Waals surface area (Å²) in [6.45, 7) is 6.31. The molecule has 0 heterocycles. The molecular formula is C9H14OPb. The van der Waals surface area contributed by atoms with Crippen LogP contribution in [-0.4, -0.2) is 33.1 Å². The van der Waals surface area contributed by atoms with E-state index < -0.39 is 0 Å². The van der Waals surface area contributed by atoms with Crippen molar-refractivity contribution in [1.82, 2.24) is 0 Å². The second kappa shape index (κ2) is 3.83. The van der Waals surface area contributed by atoms with Crippen molar-refractivity contribution in [1.29, 1.82) is 0 Å². The maximum absolute atomic E-state index is 11.0. The molecule has 1 aliphatic carbocycles. The standard InChI is InChI=1S/C9H14O.Pb/c1-7-4-8(10)6-9(2,3)5-7;/h4H,5-6H2,1-3H3;. The summed E-state index contributed by atoms with van der Waals surface area (Å²) in [5.41, 5.74) is 1.43. The van der Waals surface area contributed by atoms with Gasteiger partial charge in [0.2, 0.25) is 0 Å². The van der Waals surface area contributed by atoms with Gasteiger partial charge in [0.05, 0.1) is 0 Å². The van der Waals surface area contributed by atoms with Crippen molar-refractivity contribution in [2.45, 2.75) is 33.6 Å². The van der Waals surface area contributed by atoms with E-state index in [0.717, 1.165) is 6.42 Å². The second-order valence-corrected chi connectivity index (χ2v) is 3.97. The Bertz CT molecular complexity index is 192. The van der Waals surface area contributed by atoms with Crippen molar-refractivity contribution in [2.24, 2.45) is 5.41 Å². The molecule has 0 aromatic rings. The molecule has 0 fully saturated rings. The Morgan fingerprint density at radius 2 is 1.91 bits per heavy atom. The molecule has 0 N–H and O–H groups in total. The van der Waals surface area contributed by atoms with Crippen molar-refractivity contribution in [2.75, 3.05) is 0 Å². The average molecular weight is 345 g/mol. The number of carbonyl (C=O) groups is 1. The zero-order valence-electron chi connectivity index (χ0n) is 7.40. The average Bonchev–Trinajstić information content (AvgIpc) is 1.54. The largest absolute Gasteiger partial charge is 0.295 e. The predicted octanol–water partition coefficient (Wildman–Crippen LogP) is 1.94. The van der Waals surface area contributed by atoms with E-state index in [-0.39, 0.29) is 38.5 Å². The molecule has 1 rings (SSSR count). The first kappa shape index (κ1) is 11.3. The first-order valence-corrected chi connectivity index (χ1v) is 3.70. The van der Waals surface area contributed by atoms with Crippen molar-refractivity contribution < 1.29 is 4.79 Å². The van der Waals surface area contributed by atoms with Crippen molar-refractivity contribution in [3.05, 3.63) is 11.6 Å². The van der Waals surface area contributed by atoms with Crippen LogP contribution in [0.1, 0.15) is 33.6 Å². The van der Waals surface area contributed by atoms with Gasteiger partial charge in [-0.3, -0.25) is 4.79 Å². The fourth-order valence-electron chi connectivity index (χ4n) is 1.67. The number of hydrogen-bond acceptors (Lipinski definition) is 1. The molecule has 0 amide bonds. The van der Waals surface area contributed by atoms with Crippen molar-refractivity contribution in [3.63, 3.8) is 0 Å². The van der Waals surface area contributed by atoms with E-state index in [4.69, 9.17) is 0 Å². The first-order chi connectivity index (χ1) is 4.49. The van der Waals surface area contributed by atoms with Gasteiger partial charge in [-0.25, -0.2) is 0 Å². The number of hydrogen-bond donors (Lipinski definition) is 0. The fourth-order valence-corrected chi connectivity index (χ4v) is 1.67. The monoisotopic (exact) mass is 346 g/mol. The van der Waals surface area contributed by atoms with Crippen LogP contribution in [0, 0.1) is 5.41 Å². The zero-order valence-corrected chi connectivity index (χ0v) is 11.3. The topological polar surface area (TPSA) is 17.1 Å². The maximum atomic E-state index is 11.0. The van der Waals surface area contributed by atoms with Gasteiger partial charge in [-0.15, -0.1) is 0 Å². The molecule has 4 radical (unpaired) electrons. The Labute approximate surface area is 88.4 Å². The molecule has 0 aromatic heterocycles. The number of ketones is 1. The van der Waals surface area contributed by atoms with Gasteiger partial charge in [-0.2, -0.15) is 0 Å². The van der Waals surface area contributed by atoms with E-state index in [2.05, 4.69) is 13.8 Å². The Kier molecular flexibility index (Phi) is 3.94. The van der Waals surface area contributed by atoms with Gasteiger partial charge in [0.1, 0.15) is 0 Å². The van der Waals surface area contributed by atoms with Crippen molar-refractivity contribution >= 4 is 33.1 Å². The molecule has 1 nitrogen and oxygen atoms in total. The third-order valence-electron chi connectivity index (χ3n) is 1.82. The third-order valence-corrected chi connectivity index (χ3v) is 1.82. The summed E-state index contributed by atoms with van der Waals surface area (Å²) in [6.07, 6.45) is 3.55. The zero-order chi connectivity index (χ0) is 7.78. The molecule has 0 unspecified atom stereocenters. The Morgan fingerprint density at radius 1 is 1.36 bits per heavy atom. The summed E-state index contributed by atoms with van der Waals surface area (Å²) >= 11 is 0. The minimum Gasteiger partial charge on any atom is -0.295 e. The van der Waals surface area contributed by atoms with Crippen LogP contribution in [0.15, 0.2) is 11.6 Å². The molecular weight excluding hydrogens is 331 g/mol. The van der Waals surface area contributed by atoms with Crippen LogP contribution in [0.4, 0.5) is 0 Å². The van der Waals surface area contributed by atoms with Gasteiger partial charge in [0, 0.05) is 33.7 Å². The Hall–Kier alpha value is 0.332. The molecule has 0 aromatic carbocycles. The van der Waals surface area contributed by atoms with Crippen LogP contribution >= 0.6 is 0 Å². The van der Waals surface area contributed by atoms with Gasteiger partial charge in [0.15, 0.2) is 5.78 Å². The summed E-state index contributed by atoms with van der Waals surface area (Å²) in [5, 5.41) is 0. The Morgan fingerprint density at radius 3 is 2.27 bits per heavy atom. The van der Waals surface area contributed by atoms with Crippen molar-refractivity contribution in [3.8, 4) is 0 Å². The predicted molar refractivity (Wildman–Crippen MR) is 47.5 cm³/mol. The second-order valence-electron chi connectivity index (χ2n) is 3.97. The van der Waals surface area contributed by atoms with E-state index in [0.29, 0.717) is 6.42 Å². The van der Waals surface area contributed by atoms with E-state index in [1.54, 1.807) is 6.08 Å². The molecule has 0 aliphatic heterocycles. The fraction of sp³-hybridized carbons (Fsp3) is 0.667. The van der Waals surface area contributed by atoms with E-state index in [1.165, 1.54) is 5.57 Å². The molecule has 0 atom stereocenters. The SMILES string of the molecule is CC1=CC(=O)CC(C)(C)C1.[Pb]. The normalized spacial score (nSPS) is 22.1. The molecule has 11 heavy (non-hydrogen) atoms. The molecule has 1 aliphatic rings. The quantitative estimate of drug-likeness (QED) is 0.613. The van der Waals surface area contributed by atoms with E-state index in [9.17, 15) is 4.79 Å². The maximum Gasteiger partial charge on any atom is 0.156 e. The molecule has 2 heteroatoms. The molecule has 60 valence electrons. The van der Waals surface area contributed by atoms with Crippen LogP contribution in [0.2, 0.25) is 0 Å². The van der Waals surface area contributed by atoms with E-state index in [1.807, 2.05) is 6.92 Å². The van der Waals surface area contributed by atoms with Crippen LogP contribution in [0.25, 0.3) is 0 Å². The minimum absolute atomic E-state index is 0. The van der Waals surface area contributed by atoms with Crippen LogP contribution in [0.5, 0.6) is 0 Å². The third kappa shape index (κ3) is 3.49. The summed E-state index contributed by atoms with van der Waals surface area (Å²) in [5.74, 6) is 0.286. The number of carbonyl (C=O) groups excluding carboxylic acids is 1. The smallest absolute Gasteiger partial charge is 0.156 e.